The number of hydrogen-bond acceptors (Lipinski definition) is 3. The van der Waals surface area contributed by atoms with Crippen LogP contribution in [0, 0.1) is 0 Å². The van der Waals surface area contributed by atoms with E-state index in [1.807, 2.05) is 6.92 Å². The highest BCUT2D eigenvalue weighted by Gasteiger charge is 2.42. The molecule has 4 heteroatoms. The zero-order valence-electron chi connectivity index (χ0n) is 10.5. The number of carboxylic acids is 1. The molecule has 0 radical (unpaired) electrons. The molecule has 1 spiro atoms. The minimum Gasteiger partial charge on any atom is -0.480 e. The molecule has 0 bridgehead atoms. The predicted molar refractivity (Wildman–Crippen MR) is 69.5 cm³/mol. The highest BCUT2D eigenvalue weighted by Crippen LogP contribution is 2.44. The van der Waals surface area contributed by atoms with Crippen LogP contribution in [0.4, 0.5) is 0 Å². The third kappa shape index (κ3) is 3.16. The van der Waals surface area contributed by atoms with Crippen molar-refractivity contribution in [2.24, 2.45) is 0 Å². The van der Waals surface area contributed by atoms with Crippen molar-refractivity contribution < 1.29 is 14.6 Å². The molecule has 1 saturated heterocycles. The number of aliphatic carboxylic acids is 1. The van der Waals surface area contributed by atoms with Crippen molar-refractivity contribution in [3.63, 3.8) is 0 Å². The summed E-state index contributed by atoms with van der Waals surface area (Å²) < 4.78 is 6.17. The van der Waals surface area contributed by atoms with Gasteiger partial charge in [-0.2, -0.15) is 0 Å². The monoisotopic (exact) mass is 258 g/mol. The van der Waals surface area contributed by atoms with Crippen molar-refractivity contribution >= 4 is 17.7 Å². The fraction of sp³-hybridized carbons (Fsp3) is 0.923. The largest absolute Gasteiger partial charge is 0.480 e. The Morgan fingerprint density at radius 2 is 2.18 bits per heavy atom. The second-order valence-electron chi connectivity index (χ2n) is 5.24. The first-order valence-electron chi connectivity index (χ1n) is 6.67. The van der Waals surface area contributed by atoms with Crippen LogP contribution in [0.1, 0.15) is 51.9 Å². The number of hydrogen-bond donors (Lipinski definition) is 1. The van der Waals surface area contributed by atoms with Crippen molar-refractivity contribution in [1.82, 2.24) is 0 Å². The van der Waals surface area contributed by atoms with Crippen LogP contribution < -0.4 is 0 Å². The molecule has 0 aromatic carbocycles. The van der Waals surface area contributed by atoms with E-state index >= 15 is 0 Å². The number of carbonyl (C=O) groups is 1. The first kappa shape index (κ1) is 13.2. The number of carboxylic acid groups (broad SMARTS) is 1. The summed E-state index contributed by atoms with van der Waals surface area (Å²) in [6, 6.07) is 0. The quantitative estimate of drug-likeness (QED) is 0.823. The second kappa shape index (κ2) is 5.61. The lowest BCUT2D eigenvalue weighted by atomic mass is 9.98. The minimum atomic E-state index is -0.689. The van der Waals surface area contributed by atoms with Gasteiger partial charge in [-0.15, -0.1) is 11.8 Å². The molecule has 2 rings (SSSR count). The summed E-state index contributed by atoms with van der Waals surface area (Å²) in [7, 11) is 0. The summed E-state index contributed by atoms with van der Waals surface area (Å²) in [4.78, 5) is 10.9. The van der Waals surface area contributed by atoms with E-state index in [1.54, 1.807) is 11.8 Å². The maximum atomic E-state index is 10.9. The molecule has 98 valence electrons. The molecule has 0 amide bonds. The van der Waals surface area contributed by atoms with Crippen LogP contribution in [0.15, 0.2) is 0 Å². The van der Waals surface area contributed by atoms with Gasteiger partial charge in [0.1, 0.15) is 5.25 Å². The Bertz CT molecular complexity index is 274. The van der Waals surface area contributed by atoms with E-state index in [0.717, 1.165) is 12.2 Å². The Labute approximate surface area is 107 Å². The van der Waals surface area contributed by atoms with Crippen LogP contribution in [0.3, 0.4) is 0 Å². The number of thioether (sulfide) groups is 1. The van der Waals surface area contributed by atoms with E-state index in [-0.39, 0.29) is 17.0 Å². The molecule has 1 heterocycles. The number of rotatable bonds is 5. The van der Waals surface area contributed by atoms with Crippen LogP contribution in [-0.4, -0.2) is 33.8 Å². The van der Waals surface area contributed by atoms with Gasteiger partial charge in [-0.25, -0.2) is 0 Å². The Morgan fingerprint density at radius 1 is 1.47 bits per heavy atom. The topological polar surface area (TPSA) is 46.5 Å². The van der Waals surface area contributed by atoms with Gasteiger partial charge in [0.25, 0.3) is 0 Å². The Morgan fingerprint density at radius 3 is 2.76 bits per heavy atom. The summed E-state index contributed by atoms with van der Waals surface area (Å²) in [5.41, 5.74) is 0.177. The summed E-state index contributed by atoms with van der Waals surface area (Å²) in [6.45, 7) is 1.93. The van der Waals surface area contributed by atoms with Crippen LogP contribution >= 0.6 is 11.8 Å². The van der Waals surface area contributed by atoms with Crippen LogP contribution in [0.5, 0.6) is 0 Å². The molecule has 2 atom stereocenters. The van der Waals surface area contributed by atoms with Gasteiger partial charge in [0.15, 0.2) is 0 Å². The molecule has 1 saturated carbocycles. The van der Waals surface area contributed by atoms with Gasteiger partial charge in [-0.05, 0) is 32.1 Å². The van der Waals surface area contributed by atoms with Gasteiger partial charge in [0.05, 0.1) is 11.7 Å². The highest BCUT2D eigenvalue weighted by molar-refractivity contribution is 8.00. The summed E-state index contributed by atoms with van der Waals surface area (Å²) in [5.74, 6) is 0.151. The average molecular weight is 258 g/mol. The molecular weight excluding hydrogens is 236 g/mol. The van der Waals surface area contributed by atoms with E-state index in [4.69, 9.17) is 9.84 Å². The van der Waals surface area contributed by atoms with E-state index in [1.165, 1.54) is 32.1 Å². The summed E-state index contributed by atoms with van der Waals surface area (Å²) in [6.07, 6.45) is 8.29. The van der Waals surface area contributed by atoms with Crippen molar-refractivity contribution in [3.8, 4) is 0 Å². The number of ether oxygens (including phenoxy) is 1. The molecule has 1 N–H and O–H groups in total. The molecule has 2 aliphatic rings. The zero-order valence-corrected chi connectivity index (χ0v) is 11.3. The van der Waals surface area contributed by atoms with Gasteiger partial charge in [0, 0.05) is 5.75 Å². The zero-order chi connectivity index (χ0) is 12.3. The summed E-state index contributed by atoms with van der Waals surface area (Å²) in [5, 5.41) is 8.73. The predicted octanol–water partition coefficient (Wildman–Crippen LogP) is 3.07. The Kier molecular flexibility index (Phi) is 4.36. The van der Waals surface area contributed by atoms with E-state index < -0.39 is 5.97 Å². The van der Waals surface area contributed by atoms with Gasteiger partial charge >= 0.3 is 5.97 Å². The van der Waals surface area contributed by atoms with Crippen molar-refractivity contribution in [2.45, 2.75) is 68.8 Å². The highest BCUT2D eigenvalue weighted by atomic mass is 32.2. The van der Waals surface area contributed by atoms with Crippen LogP contribution in [0.2, 0.25) is 0 Å². The van der Waals surface area contributed by atoms with Gasteiger partial charge in [0.2, 0.25) is 0 Å². The van der Waals surface area contributed by atoms with Crippen molar-refractivity contribution in [3.05, 3.63) is 0 Å². The second-order valence-corrected chi connectivity index (χ2v) is 6.47. The van der Waals surface area contributed by atoms with E-state index in [9.17, 15) is 4.79 Å². The molecule has 17 heavy (non-hydrogen) atoms. The van der Waals surface area contributed by atoms with Crippen molar-refractivity contribution in [2.75, 3.05) is 5.75 Å². The molecule has 1 aliphatic carbocycles. The lowest BCUT2D eigenvalue weighted by Crippen LogP contribution is -2.26. The molecule has 1 aliphatic heterocycles. The van der Waals surface area contributed by atoms with Crippen LogP contribution in [0.25, 0.3) is 0 Å². The minimum absolute atomic E-state index is 0.177. The maximum absolute atomic E-state index is 10.9. The lowest BCUT2D eigenvalue weighted by Gasteiger charge is -2.24. The molecule has 0 aromatic heterocycles. The average Bonchev–Trinajstić information content (AvgIpc) is 2.91. The SMILES string of the molecule is CCC(SCC1CCC2(CCCC2)O1)C(=O)O. The first-order chi connectivity index (χ1) is 8.15. The fourth-order valence-corrected chi connectivity index (χ4v) is 4.05. The van der Waals surface area contributed by atoms with Gasteiger partial charge < -0.3 is 9.84 Å². The third-order valence-electron chi connectivity index (χ3n) is 3.98. The van der Waals surface area contributed by atoms with Crippen LogP contribution in [-0.2, 0) is 9.53 Å². The lowest BCUT2D eigenvalue weighted by molar-refractivity contribution is -0.136. The Balaban J connectivity index is 1.76. The van der Waals surface area contributed by atoms with Gasteiger partial charge in [-0.3, -0.25) is 4.79 Å². The molecular formula is C13H22O3S. The molecule has 2 unspecified atom stereocenters. The van der Waals surface area contributed by atoms with E-state index in [0.29, 0.717) is 6.42 Å². The maximum Gasteiger partial charge on any atom is 0.316 e. The van der Waals surface area contributed by atoms with Crippen molar-refractivity contribution in [1.29, 1.82) is 0 Å². The molecule has 2 fully saturated rings. The standard InChI is InChI=1S/C13H22O3S/c1-2-11(12(14)15)17-9-10-5-8-13(16-10)6-3-4-7-13/h10-11H,2-9H2,1H3,(H,14,15). The fourth-order valence-electron chi connectivity index (χ4n) is 2.99. The normalized spacial score (nSPS) is 28.6. The smallest absolute Gasteiger partial charge is 0.316 e. The first-order valence-corrected chi connectivity index (χ1v) is 7.72. The molecule has 0 aromatic rings. The van der Waals surface area contributed by atoms with Gasteiger partial charge in [-0.1, -0.05) is 19.8 Å². The third-order valence-corrected chi connectivity index (χ3v) is 5.48. The molecule has 3 nitrogen and oxygen atoms in total. The Hall–Kier alpha value is -0.220. The van der Waals surface area contributed by atoms with E-state index in [2.05, 4.69) is 0 Å². The summed E-state index contributed by atoms with van der Waals surface area (Å²) >= 11 is 1.54.